The molecule has 1 unspecified atom stereocenters. The van der Waals surface area contributed by atoms with E-state index in [0.29, 0.717) is 11.3 Å². The van der Waals surface area contributed by atoms with Crippen LogP contribution >= 0.6 is 0 Å². The molecule has 6 nitrogen and oxygen atoms in total. The summed E-state index contributed by atoms with van der Waals surface area (Å²) < 4.78 is 4.90. The number of carbonyl (C=O) groups is 2. The monoisotopic (exact) mass is 298 g/mol. The van der Waals surface area contributed by atoms with Gasteiger partial charge in [0, 0.05) is 11.3 Å². The molecule has 6 heteroatoms. The van der Waals surface area contributed by atoms with E-state index < -0.39 is 23.7 Å². The normalized spacial score (nSPS) is 17.7. The van der Waals surface area contributed by atoms with Crippen LogP contribution in [0, 0.1) is 6.92 Å². The van der Waals surface area contributed by atoms with E-state index in [9.17, 15) is 14.4 Å². The van der Waals surface area contributed by atoms with Crippen LogP contribution in [0.4, 0.5) is 10.5 Å². The van der Waals surface area contributed by atoms with Gasteiger partial charge in [-0.15, -0.1) is 0 Å². The molecule has 1 aliphatic heterocycles. The van der Waals surface area contributed by atoms with E-state index in [1.165, 1.54) is 6.92 Å². The van der Waals surface area contributed by atoms with Crippen LogP contribution in [0.15, 0.2) is 41.2 Å². The molecule has 1 N–H and O–H groups in total. The van der Waals surface area contributed by atoms with Gasteiger partial charge in [0.15, 0.2) is 6.10 Å². The number of amides is 2. The number of aromatic amines is 1. The number of hydrogen-bond donors (Lipinski definition) is 1. The van der Waals surface area contributed by atoms with Crippen molar-refractivity contribution in [3.63, 3.8) is 0 Å². The number of ether oxygens (including phenoxy) is 1. The summed E-state index contributed by atoms with van der Waals surface area (Å²) in [6, 6.07) is 10.8. The van der Waals surface area contributed by atoms with Gasteiger partial charge in [0.25, 0.3) is 11.5 Å². The zero-order valence-corrected chi connectivity index (χ0v) is 12.1. The van der Waals surface area contributed by atoms with Gasteiger partial charge in [-0.05, 0) is 25.5 Å². The van der Waals surface area contributed by atoms with Crippen molar-refractivity contribution in [3.8, 4) is 11.1 Å². The smallest absolute Gasteiger partial charge is 0.422 e. The topological polar surface area (TPSA) is 79.5 Å². The summed E-state index contributed by atoms with van der Waals surface area (Å²) in [4.78, 5) is 39.9. The van der Waals surface area contributed by atoms with Crippen molar-refractivity contribution in [2.45, 2.75) is 20.0 Å². The Morgan fingerprint density at radius 2 is 1.82 bits per heavy atom. The average Bonchev–Trinajstić information content (AvgIpc) is 2.73. The molecule has 0 radical (unpaired) electrons. The number of cyclic esters (lactones) is 1. The molecule has 112 valence electrons. The number of benzene rings is 1. The third-order valence-electron chi connectivity index (χ3n) is 3.48. The van der Waals surface area contributed by atoms with Gasteiger partial charge in [-0.25, -0.2) is 9.69 Å². The summed E-state index contributed by atoms with van der Waals surface area (Å²) in [5.74, 6) is -0.545. The minimum absolute atomic E-state index is 0.00356. The van der Waals surface area contributed by atoms with Gasteiger partial charge >= 0.3 is 6.09 Å². The predicted octanol–water partition coefficient (Wildman–Crippen LogP) is 2.22. The Morgan fingerprint density at radius 1 is 1.14 bits per heavy atom. The number of rotatable bonds is 2. The van der Waals surface area contributed by atoms with E-state index in [1.54, 1.807) is 13.0 Å². The molecule has 2 heterocycles. The van der Waals surface area contributed by atoms with E-state index in [4.69, 9.17) is 4.74 Å². The van der Waals surface area contributed by atoms with Crippen LogP contribution in [-0.4, -0.2) is 23.1 Å². The quantitative estimate of drug-likeness (QED) is 0.922. The first-order valence-electron chi connectivity index (χ1n) is 6.83. The van der Waals surface area contributed by atoms with Crippen LogP contribution in [0.5, 0.6) is 0 Å². The Kier molecular flexibility index (Phi) is 3.29. The summed E-state index contributed by atoms with van der Waals surface area (Å²) >= 11 is 0. The lowest BCUT2D eigenvalue weighted by molar-refractivity contribution is -0.121. The third-order valence-corrected chi connectivity index (χ3v) is 3.48. The highest BCUT2D eigenvalue weighted by Crippen LogP contribution is 2.31. The standard InChI is InChI=1S/C16H14N2O4/c1-9-8-12(11-6-4-3-5-7-11)13(14(19)17-9)18-15(20)10(2)22-16(18)21/h3-8,10H,1-2H3,(H,17,19). The molecule has 0 aliphatic carbocycles. The summed E-state index contributed by atoms with van der Waals surface area (Å²) in [5, 5.41) is 0. The average molecular weight is 298 g/mol. The van der Waals surface area contributed by atoms with Crippen molar-refractivity contribution in [1.29, 1.82) is 0 Å². The lowest BCUT2D eigenvalue weighted by atomic mass is 10.0. The van der Waals surface area contributed by atoms with E-state index in [1.807, 2.05) is 30.3 Å². The molecule has 1 aliphatic rings. The number of hydrogen-bond acceptors (Lipinski definition) is 4. The second kappa shape index (κ2) is 5.14. The summed E-state index contributed by atoms with van der Waals surface area (Å²) in [6.45, 7) is 3.22. The van der Waals surface area contributed by atoms with Crippen LogP contribution in [0.3, 0.4) is 0 Å². The second-order valence-corrected chi connectivity index (χ2v) is 5.11. The number of aryl methyl sites for hydroxylation is 1. The molecule has 2 amide bonds. The highest BCUT2D eigenvalue weighted by Gasteiger charge is 2.41. The number of carbonyl (C=O) groups excluding carboxylic acids is 2. The summed E-state index contributed by atoms with van der Waals surface area (Å²) in [6.07, 6.45) is -1.72. The Bertz CT molecular complexity index is 811. The molecule has 0 bridgehead atoms. The fourth-order valence-electron chi connectivity index (χ4n) is 2.47. The number of H-pyrrole nitrogens is 1. The van der Waals surface area contributed by atoms with Gasteiger partial charge in [-0.3, -0.25) is 9.59 Å². The van der Waals surface area contributed by atoms with E-state index in [-0.39, 0.29) is 5.69 Å². The molecule has 1 atom stereocenters. The number of pyridine rings is 1. The van der Waals surface area contributed by atoms with Crippen molar-refractivity contribution < 1.29 is 14.3 Å². The van der Waals surface area contributed by atoms with Gasteiger partial charge in [0.05, 0.1) is 0 Å². The van der Waals surface area contributed by atoms with Gasteiger partial charge in [0.1, 0.15) is 5.69 Å². The molecule has 0 saturated carbocycles. The Balaban J connectivity index is 2.26. The predicted molar refractivity (Wildman–Crippen MR) is 80.7 cm³/mol. The number of anilines is 1. The number of imide groups is 1. The number of nitrogens with one attached hydrogen (secondary N) is 1. The fourth-order valence-corrected chi connectivity index (χ4v) is 2.47. The Hall–Kier alpha value is -2.89. The molecule has 2 aromatic rings. The summed E-state index contributed by atoms with van der Waals surface area (Å²) in [5.41, 5.74) is 1.39. The maximum Gasteiger partial charge on any atom is 0.422 e. The van der Waals surface area contributed by atoms with E-state index in [0.717, 1.165) is 10.5 Å². The molecule has 0 spiro atoms. The van der Waals surface area contributed by atoms with Crippen LogP contribution in [0.2, 0.25) is 0 Å². The van der Waals surface area contributed by atoms with Crippen molar-refractivity contribution >= 4 is 17.7 Å². The zero-order valence-electron chi connectivity index (χ0n) is 12.1. The van der Waals surface area contributed by atoms with Crippen LogP contribution in [-0.2, 0) is 9.53 Å². The lowest BCUT2D eigenvalue weighted by Crippen LogP contribution is -2.35. The van der Waals surface area contributed by atoms with E-state index in [2.05, 4.69) is 4.98 Å². The highest BCUT2D eigenvalue weighted by molar-refractivity contribution is 6.19. The molecule has 3 rings (SSSR count). The van der Waals surface area contributed by atoms with Crippen LogP contribution < -0.4 is 10.5 Å². The lowest BCUT2D eigenvalue weighted by Gasteiger charge is -2.15. The number of nitrogens with zero attached hydrogens (tertiary/aromatic N) is 1. The SMILES string of the molecule is Cc1cc(-c2ccccc2)c(N2C(=O)OC(C)C2=O)c(=O)[nH]1. The fraction of sp³-hybridized carbons (Fsp3) is 0.188. The molecule has 1 saturated heterocycles. The third kappa shape index (κ3) is 2.18. The molecule has 1 aromatic heterocycles. The molecular weight excluding hydrogens is 284 g/mol. The maximum absolute atomic E-state index is 12.4. The van der Waals surface area contributed by atoms with Crippen LogP contribution in [0.25, 0.3) is 11.1 Å². The second-order valence-electron chi connectivity index (χ2n) is 5.11. The van der Waals surface area contributed by atoms with Gasteiger partial charge in [-0.1, -0.05) is 30.3 Å². The van der Waals surface area contributed by atoms with Crippen LogP contribution in [0.1, 0.15) is 12.6 Å². The van der Waals surface area contributed by atoms with Gasteiger partial charge < -0.3 is 9.72 Å². The molecule has 1 aromatic carbocycles. The zero-order chi connectivity index (χ0) is 15.9. The Labute approximate surface area is 126 Å². The summed E-state index contributed by atoms with van der Waals surface area (Å²) in [7, 11) is 0. The van der Waals surface area contributed by atoms with Gasteiger partial charge in [-0.2, -0.15) is 0 Å². The minimum atomic E-state index is -0.892. The van der Waals surface area contributed by atoms with Crippen molar-refractivity contribution in [3.05, 3.63) is 52.4 Å². The first-order valence-corrected chi connectivity index (χ1v) is 6.83. The largest absolute Gasteiger partial charge is 0.436 e. The number of aromatic nitrogens is 1. The molecular formula is C16H14N2O4. The molecule has 22 heavy (non-hydrogen) atoms. The molecule has 1 fully saturated rings. The van der Waals surface area contributed by atoms with Crippen molar-refractivity contribution in [2.75, 3.05) is 4.90 Å². The van der Waals surface area contributed by atoms with Gasteiger partial charge in [0.2, 0.25) is 0 Å². The van der Waals surface area contributed by atoms with Crippen molar-refractivity contribution in [2.24, 2.45) is 0 Å². The van der Waals surface area contributed by atoms with Crippen molar-refractivity contribution in [1.82, 2.24) is 4.98 Å². The highest BCUT2D eigenvalue weighted by atomic mass is 16.6. The minimum Gasteiger partial charge on any atom is -0.436 e. The first-order chi connectivity index (χ1) is 10.5. The first kappa shape index (κ1) is 14.1. The Morgan fingerprint density at radius 3 is 2.41 bits per heavy atom. The maximum atomic E-state index is 12.4. The van der Waals surface area contributed by atoms with E-state index >= 15 is 0 Å².